The third-order valence-electron chi connectivity index (χ3n) is 2.70. The van der Waals surface area contributed by atoms with Crippen molar-refractivity contribution in [3.05, 3.63) is 24.6 Å². The third-order valence-corrected chi connectivity index (χ3v) is 2.70. The zero-order valence-electron chi connectivity index (χ0n) is 10.00. The van der Waals surface area contributed by atoms with Crippen molar-refractivity contribution in [3.63, 3.8) is 0 Å². The van der Waals surface area contributed by atoms with Gasteiger partial charge in [0, 0.05) is 6.54 Å². The molecule has 3 aromatic heterocycles. The van der Waals surface area contributed by atoms with E-state index in [1.54, 1.807) is 24.6 Å². The highest BCUT2D eigenvalue weighted by atomic mass is 16.3. The van der Waals surface area contributed by atoms with Crippen molar-refractivity contribution in [2.45, 2.75) is 19.9 Å². The lowest BCUT2D eigenvalue weighted by molar-refractivity contribution is 0.576. The second-order valence-electron chi connectivity index (χ2n) is 4.01. The van der Waals surface area contributed by atoms with Crippen molar-refractivity contribution in [3.8, 4) is 11.6 Å². The molecule has 2 N–H and O–H groups in total. The minimum Gasteiger partial charge on any atom is -0.461 e. The van der Waals surface area contributed by atoms with E-state index < -0.39 is 0 Å². The molecule has 0 fully saturated rings. The van der Waals surface area contributed by atoms with Crippen molar-refractivity contribution in [2.24, 2.45) is 0 Å². The summed E-state index contributed by atoms with van der Waals surface area (Å²) in [5, 5.41) is 5.05. The second-order valence-corrected chi connectivity index (χ2v) is 4.01. The van der Waals surface area contributed by atoms with Crippen molar-refractivity contribution >= 4 is 16.9 Å². The minimum absolute atomic E-state index is 0.425. The molecule has 3 heterocycles. The number of nitrogens with zero attached hydrogens (tertiary/aromatic N) is 4. The van der Waals surface area contributed by atoms with Gasteiger partial charge in [-0.05, 0) is 18.6 Å². The van der Waals surface area contributed by atoms with Crippen LogP contribution in [0.2, 0.25) is 0 Å². The number of anilines is 1. The number of fused-ring (bicyclic) bond motifs is 1. The average molecular weight is 243 g/mol. The van der Waals surface area contributed by atoms with Crippen LogP contribution in [0.15, 0.2) is 29.0 Å². The van der Waals surface area contributed by atoms with E-state index in [2.05, 4.69) is 22.0 Å². The summed E-state index contributed by atoms with van der Waals surface area (Å²) in [4.78, 5) is 8.71. The molecule has 18 heavy (non-hydrogen) atoms. The zero-order chi connectivity index (χ0) is 12.5. The SMILES string of the molecule is CCCn1ncc2c(N)nc(-c3ccco3)nc21. The van der Waals surface area contributed by atoms with Crippen molar-refractivity contribution in [2.75, 3.05) is 5.73 Å². The number of furan rings is 1. The summed E-state index contributed by atoms with van der Waals surface area (Å²) < 4.78 is 7.12. The Hall–Kier alpha value is -2.37. The van der Waals surface area contributed by atoms with Crippen LogP contribution in [0.25, 0.3) is 22.6 Å². The smallest absolute Gasteiger partial charge is 0.199 e. The van der Waals surface area contributed by atoms with Gasteiger partial charge in [0.05, 0.1) is 17.8 Å². The van der Waals surface area contributed by atoms with Crippen LogP contribution in [0.1, 0.15) is 13.3 Å². The van der Waals surface area contributed by atoms with Crippen LogP contribution >= 0.6 is 0 Å². The van der Waals surface area contributed by atoms with E-state index in [4.69, 9.17) is 10.2 Å². The first-order valence-corrected chi connectivity index (χ1v) is 5.82. The molecular weight excluding hydrogens is 230 g/mol. The lowest BCUT2D eigenvalue weighted by Crippen LogP contribution is -2.02. The highest BCUT2D eigenvalue weighted by Crippen LogP contribution is 2.23. The zero-order valence-corrected chi connectivity index (χ0v) is 10.00. The topological polar surface area (TPSA) is 82.8 Å². The number of hydrogen-bond donors (Lipinski definition) is 1. The molecule has 0 aliphatic carbocycles. The monoisotopic (exact) mass is 243 g/mol. The van der Waals surface area contributed by atoms with E-state index >= 15 is 0 Å². The fraction of sp³-hybridized carbons (Fsp3) is 0.250. The number of rotatable bonds is 3. The molecule has 0 aromatic carbocycles. The van der Waals surface area contributed by atoms with E-state index in [0.717, 1.165) is 24.0 Å². The molecule has 3 rings (SSSR count). The normalized spacial score (nSPS) is 11.2. The fourth-order valence-electron chi connectivity index (χ4n) is 1.87. The van der Waals surface area contributed by atoms with E-state index in [1.165, 1.54) is 0 Å². The first-order valence-electron chi connectivity index (χ1n) is 5.82. The lowest BCUT2D eigenvalue weighted by Gasteiger charge is -2.03. The van der Waals surface area contributed by atoms with Crippen LogP contribution in [0, 0.1) is 0 Å². The number of aryl methyl sites for hydroxylation is 1. The predicted octanol–water partition coefficient (Wildman–Crippen LogP) is 2.08. The van der Waals surface area contributed by atoms with E-state index in [-0.39, 0.29) is 0 Å². The third kappa shape index (κ3) is 1.62. The van der Waals surface area contributed by atoms with Crippen molar-refractivity contribution in [1.82, 2.24) is 19.7 Å². The van der Waals surface area contributed by atoms with Gasteiger partial charge in [-0.2, -0.15) is 5.10 Å². The van der Waals surface area contributed by atoms with Gasteiger partial charge in [0.25, 0.3) is 0 Å². The summed E-state index contributed by atoms with van der Waals surface area (Å²) in [6.45, 7) is 2.89. The molecule has 0 aliphatic heterocycles. The largest absolute Gasteiger partial charge is 0.461 e. The molecule has 6 nitrogen and oxygen atoms in total. The van der Waals surface area contributed by atoms with Gasteiger partial charge >= 0.3 is 0 Å². The Kier molecular flexibility index (Phi) is 2.47. The molecule has 0 spiro atoms. The Bertz CT molecular complexity index is 671. The highest BCUT2D eigenvalue weighted by Gasteiger charge is 2.13. The number of aromatic nitrogens is 4. The molecule has 6 heteroatoms. The van der Waals surface area contributed by atoms with Gasteiger partial charge in [-0.25, -0.2) is 14.6 Å². The van der Waals surface area contributed by atoms with Gasteiger partial charge in [-0.3, -0.25) is 0 Å². The molecule has 0 amide bonds. The first kappa shape index (κ1) is 10.8. The Morgan fingerprint density at radius 2 is 2.28 bits per heavy atom. The molecule has 3 aromatic rings. The molecule has 0 saturated heterocycles. The maximum Gasteiger partial charge on any atom is 0.199 e. The average Bonchev–Trinajstić information content (AvgIpc) is 2.99. The summed E-state index contributed by atoms with van der Waals surface area (Å²) in [5.41, 5.74) is 6.67. The Morgan fingerprint density at radius 3 is 3.00 bits per heavy atom. The second kappa shape index (κ2) is 4.14. The number of nitrogens with two attached hydrogens (primary N) is 1. The first-order chi connectivity index (χ1) is 8.79. The van der Waals surface area contributed by atoms with Gasteiger partial charge in [-0.15, -0.1) is 0 Å². The van der Waals surface area contributed by atoms with Crippen LogP contribution in [0.3, 0.4) is 0 Å². The maximum absolute atomic E-state index is 5.93. The van der Waals surface area contributed by atoms with Crippen molar-refractivity contribution < 1.29 is 4.42 Å². The Labute approximate surface area is 103 Å². The summed E-state index contributed by atoms with van der Waals surface area (Å²) in [7, 11) is 0. The summed E-state index contributed by atoms with van der Waals surface area (Å²) >= 11 is 0. The molecule has 0 unspecified atom stereocenters. The van der Waals surface area contributed by atoms with E-state index in [9.17, 15) is 0 Å². The standard InChI is InChI=1S/C12H13N5O/c1-2-5-17-12-8(7-14-17)10(13)15-11(16-12)9-4-3-6-18-9/h3-4,6-7H,2,5H2,1H3,(H2,13,15,16). The van der Waals surface area contributed by atoms with Gasteiger partial charge in [0.2, 0.25) is 0 Å². The summed E-state index contributed by atoms with van der Waals surface area (Å²) in [6, 6.07) is 3.60. The van der Waals surface area contributed by atoms with Crippen LogP contribution < -0.4 is 5.73 Å². The van der Waals surface area contributed by atoms with Gasteiger partial charge in [0.1, 0.15) is 5.82 Å². The number of nitrogen functional groups attached to an aromatic ring is 1. The summed E-state index contributed by atoms with van der Waals surface area (Å²) in [5.74, 6) is 1.52. The van der Waals surface area contributed by atoms with Crippen LogP contribution in [-0.2, 0) is 6.54 Å². The molecule has 0 bridgehead atoms. The minimum atomic E-state index is 0.425. The van der Waals surface area contributed by atoms with Gasteiger partial charge < -0.3 is 10.2 Å². The Morgan fingerprint density at radius 1 is 1.39 bits per heavy atom. The Balaban J connectivity index is 2.21. The molecule has 0 radical (unpaired) electrons. The lowest BCUT2D eigenvalue weighted by atomic mass is 10.3. The fourth-order valence-corrected chi connectivity index (χ4v) is 1.87. The molecule has 92 valence electrons. The van der Waals surface area contributed by atoms with Crippen LogP contribution in [0.4, 0.5) is 5.82 Å². The van der Waals surface area contributed by atoms with Crippen LogP contribution in [0.5, 0.6) is 0 Å². The highest BCUT2D eigenvalue weighted by molar-refractivity contribution is 5.86. The van der Waals surface area contributed by atoms with Crippen LogP contribution in [-0.4, -0.2) is 19.7 Å². The molecule has 0 aliphatic rings. The maximum atomic E-state index is 5.93. The van der Waals surface area contributed by atoms with Crippen molar-refractivity contribution in [1.29, 1.82) is 0 Å². The van der Waals surface area contributed by atoms with E-state index in [1.807, 2.05) is 4.68 Å². The van der Waals surface area contributed by atoms with Gasteiger partial charge in [-0.1, -0.05) is 6.92 Å². The molecular formula is C12H13N5O. The molecule has 0 saturated carbocycles. The van der Waals surface area contributed by atoms with Gasteiger partial charge in [0.15, 0.2) is 17.2 Å². The number of hydrogen-bond acceptors (Lipinski definition) is 5. The summed E-state index contributed by atoms with van der Waals surface area (Å²) in [6.07, 6.45) is 4.27. The quantitative estimate of drug-likeness (QED) is 0.761. The van der Waals surface area contributed by atoms with E-state index in [0.29, 0.717) is 17.4 Å². The predicted molar refractivity (Wildman–Crippen MR) is 67.7 cm³/mol. The molecule has 0 atom stereocenters.